The number of halogens is 2. The molecule has 0 saturated carbocycles. The molecular formula is C30H31F2N3O. The first-order valence-electron chi connectivity index (χ1n) is 12.1. The molecule has 1 amide bonds. The van der Waals surface area contributed by atoms with Crippen molar-refractivity contribution in [2.75, 3.05) is 20.6 Å². The normalized spacial score (nSPS) is 13.2. The fourth-order valence-corrected chi connectivity index (χ4v) is 4.40. The van der Waals surface area contributed by atoms with Crippen LogP contribution in [0.15, 0.2) is 103 Å². The third-order valence-electron chi connectivity index (χ3n) is 6.31. The monoisotopic (exact) mass is 487 g/mol. The molecule has 6 heteroatoms. The molecule has 0 saturated heterocycles. The third kappa shape index (κ3) is 6.39. The van der Waals surface area contributed by atoms with Gasteiger partial charge in [-0.15, -0.1) is 0 Å². The molecule has 0 radical (unpaired) electrons. The van der Waals surface area contributed by atoms with Crippen LogP contribution in [0.1, 0.15) is 35.4 Å². The fourth-order valence-electron chi connectivity index (χ4n) is 4.40. The van der Waals surface area contributed by atoms with Crippen LogP contribution >= 0.6 is 0 Å². The minimum atomic E-state index is -0.285. The van der Waals surface area contributed by atoms with Gasteiger partial charge in [-0.2, -0.15) is 0 Å². The molecule has 4 rings (SSSR count). The number of hydrogen-bond donors (Lipinski definition) is 0. The van der Waals surface area contributed by atoms with Crippen molar-refractivity contribution in [1.82, 2.24) is 14.7 Å². The van der Waals surface area contributed by atoms with E-state index in [1.54, 1.807) is 43.3 Å². The van der Waals surface area contributed by atoms with E-state index in [1.807, 2.05) is 46.6 Å². The largest absolute Gasteiger partial charge is 0.346 e. The van der Waals surface area contributed by atoms with Gasteiger partial charge in [0.25, 0.3) is 5.91 Å². The van der Waals surface area contributed by atoms with Gasteiger partial charge in [-0.1, -0.05) is 54.6 Å². The predicted molar refractivity (Wildman–Crippen MR) is 138 cm³/mol. The van der Waals surface area contributed by atoms with Crippen molar-refractivity contribution in [2.45, 2.75) is 25.3 Å². The summed E-state index contributed by atoms with van der Waals surface area (Å²) in [5, 5.41) is 0. The van der Waals surface area contributed by atoms with Crippen molar-refractivity contribution in [1.29, 1.82) is 0 Å². The second kappa shape index (κ2) is 11.7. The van der Waals surface area contributed by atoms with Crippen LogP contribution in [0.25, 0.3) is 0 Å². The molecule has 0 atom stereocenters. The molecule has 1 aliphatic heterocycles. The van der Waals surface area contributed by atoms with Crippen LogP contribution in [-0.4, -0.2) is 41.2 Å². The van der Waals surface area contributed by atoms with E-state index < -0.39 is 0 Å². The fraction of sp³-hybridized carbons (Fsp3) is 0.233. The lowest BCUT2D eigenvalue weighted by atomic mass is 9.87. The average Bonchev–Trinajstić information content (AvgIpc) is 2.89. The lowest BCUT2D eigenvalue weighted by Gasteiger charge is -2.32. The van der Waals surface area contributed by atoms with E-state index in [4.69, 9.17) is 0 Å². The van der Waals surface area contributed by atoms with E-state index in [2.05, 4.69) is 12.1 Å². The number of carbonyl (C=O) groups excluding carboxylic acids is 1. The first-order valence-corrected chi connectivity index (χ1v) is 12.1. The Balaban J connectivity index is 1.48. The first kappa shape index (κ1) is 25.2. The molecule has 3 aromatic carbocycles. The molecule has 0 spiro atoms. The first-order chi connectivity index (χ1) is 17.4. The molecule has 0 N–H and O–H groups in total. The third-order valence-corrected chi connectivity index (χ3v) is 6.31. The number of likely N-dealkylation sites (N-methyl/N-ethyl adjacent to an activating group) is 1. The van der Waals surface area contributed by atoms with Crippen LogP contribution < -0.4 is 0 Å². The Bertz CT molecular complexity index is 1160. The molecule has 0 bridgehead atoms. The molecule has 0 unspecified atom stereocenters. The Morgan fingerprint density at radius 2 is 1.42 bits per heavy atom. The van der Waals surface area contributed by atoms with Gasteiger partial charge in [-0.05, 0) is 53.8 Å². The summed E-state index contributed by atoms with van der Waals surface area (Å²) in [4.78, 5) is 18.6. The quantitative estimate of drug-likeness (QED) is 0.365. The SMILES string of the molecule is CN(C)C(=O)C1=CN(Cc2ccccc2)C=CN1CCCC(c1ccc(F)cc1)c1ccc(F)cc1. The minimum absolute atomic E-state index is 0.00784. The molecule has 4 nitrogen and oxygen atoms in total. The van der Waals surface area contributed by atoms with Crippen LogP contribution in [0, 0.1) is 11.6 Å². The Hall–Kier alpha value is -3.93. The van der Waals surface area contributed by atoms with Crippen molar-refractivity contribution in [3.8, 4) is 0 Å². The van der Waals surface area contributed by atoms with Crippen LogP contribution in [0.2, 0.25) is 0 Å². The Kier molecular flexibility index (Phi) is 8.16. The van der Waals surface area contributed by atoms with Gasteiger partial charge in [-0.25, -0.2) is 8.78 Å². The molecule has 0 fully saturated rings. The zero-order valence-corrected chi connectivity index (χ0v) is 20.6. The molecule has 186 valence electrons. The highest BCUT2D eigenvalue weighted by atomic mass is 19.1. The summed E-state index contributed by atoms with van der Waals surface area (Å²) >= 11 is 0. The summed E-state index contributed by atoms with van der Waals surface area (Å²) in [6.45, 7) is 1.31. The maximum absolute atomic E-state index is 13.5. The minimum Gasteiger partial charge on any atom is -0.346 e. The number of benzene rings is 3. The van der Waals surface area contributed by atoms with Gasteiger partial charge in [0, 0.05) is 51.7 Å². The zero-order chi connectivity index (χ0) is 25.5. The van der Waals surface area contributed by atoms with Crippen molar-refractivity contribution in [3.05, 3.63) is 131 Å². The van der Waals surface area contributed by atoms with E-state index in [-0.39, 0.29) is 23.5 Å². The molecule has 1 aliphatic rings. The molecule has 1 heterocycles. The summed E-state index contributed by atoms with van der Waals surface area (Å²) in [5.74, 6) is -0.642. The van der Waals surface area contributed by atoms with E-state index in [1.165, 1.54) is 24.3 Å². The summed E-state index contributed by atoms with van der Waals surface area (Å²) in [6, 6.07) is 23.1. The van der Waals surface area contributed by atoms with Crippen molar-refractivity contribution in [3.63, 3.8) is 0 Å². The van der Waals surface area contributed by atoms with E-state index >= 15 is 0 Å². The van der Waals surface area contributed by atoms with Crippen molar-refractivity contribution in [2.24, 2.45) is 0 Å². The predicted octanol–water partition coefficient (Wildman–Crippen LogP) is 6.10. The number of carbonyl (C=O) groups is 1. The Labute approximate surface area is 211 Å². The van der Waals surface area contributed by atoms with Crippen LogP contribution in [-0.2, 0) is 11.3 Å². The van der Waals surface area contributed by atoms with Gasteiger partial charge in [0.2, 0.25) is 0 Å². The van der Waals surface area contributed by atoms with Gasteiger partial charge in [0.1, 0.15) is 17.3 Å². The topological polar surface area (TPSA) is 26.8 Å². The smallest absolute Gasteiger partial charge is 0.271 e. The van der Waals surface area contributed by atoms with Crippen LogP contribution in [0.5, 0.6) is 0 Å². The highest BCUT2D eigenvalue weighted by molar-refractivity contribution is 5.92. The highest BCUT2D eigenvalue weighted by Crippen LogP contribution is 2.30. The molecule has 3 aromatic rings. The lowest BCUT2D eigenvalue weighted by Crippen LogP contribution is -2.36. The van der Waals surface area contributed by atoms with E-state index in [0.717, 1.165) is 29.5 Å². The van der Waals surface area contributed by atoms with Gasteiger partial charge < -0.3 is 14.7 Å². The van der Waals surface area contributed by atoms with Gasteiger partial charge >= 0.3 is 0 Å². The number of rotatable bonds is 9. The second-order valence-corrected chi connectivity index (χ2v) is 9.16. The van der Waals surface area contributed by atoms with Crippen LogP contribution in [0.4, 0.5) is 8.78 Å². The molecule has 0 aromatic heterocycles. The number of amides is 1. The summed E-state index contributed by atoms with van der Waals surface area (Å²) in [6.07, 6.45) is 7.37. The van der Waals surface area contributed by atoms with Crippen molar-refractivity contribution < 1.29 is 13.6 Å². The standard InChI is InChI=1S/C30H31F2N3O/c1-33(2)30(36)29-22-34(21-23-7-4-3-5-8-23)19-20-35(29)18-6-9-28(24-10-14-26(31)15-11-24)25-12-16-27(32)17-13-25/h3-5,7-8,10-17,19-20,22,28H,6,9,18,21H2,1-2H3. The summed E-state index contributed by atoms with van der Waals surface area (Å²) < 4.78 is 27.1. The average molecular weight is 488 g/mol. The van der Waals surface area contributed by atoms with E-state index in [0.29, 0.717) is 18.8 Å². The van der Waals surface area contributed by atoms with Gasteiger partial charge in [0.05, 0.1) is 0 Å². The van der Waals surface area contributed by atoms with E-state index in [9.17, 15) is 13.6 Å². The van der Waals surface area contributed by atoms with Crippen molar-refractivity contribution >= 4 is 5.91 Å². The summed E-state index contributed by atoms with van der Waals surface area (Å²) in [7, 11) is 3.50. The zero-order valence-electron chi connectivity index (χ0n) is 20.6. The second-order valence-electron chi connectivity index (χ2n) is 9.16. The highest BCUT2D eigenvalue weighted by Gasteiger charge is 2.23. The number of hydrogen-bond acceptors (Lipinski definition) is 3. The lowest BCUT2D eigenvalue weighted by molar-refractivity contribution is -0.126. The summed E-state index contributed by atoms with van der Waals surface area (Å²) in [5.41, 5.74) is 3.72. The van der Waals surface area contributed by atoms with Crippen LogP contribution in [0.3, 0.4) is 0 Å². The number of nitrogens with zero attached hydrogens (tertiary/aromatic N) is 3. The maximum Gasteiger partial charge on any atom is 0.271 e. The molecule has 0 aliphatic carbocycles. The Morgan fingerprint density at radius 3 is 1.97 bits per heavy atom. The van der Waals surface area contributed by atoms with Gasteiger partial charge in [0.15, 0.2) is 0 Å². The Morgan fingerprint density at radius 1 is 0.833 bits per heavy atom. The molecule has 36 heavy (non-hydrogen) atoms. The van der Waals surface area contributed by atoms with Gasteiger partial charge in [-0.3, -0.25) is 4.79 Å². The molecular weight excluding hydrogens is 456 g/mol. The maximum atomic E-state index is 13.5.